The second-order valence-electron chi connectivity index (χ2n) is 3.80. The van der Waals surface area contributed by atoms with E-state index in [1.54, 1.807) is 12.1 Å². The van der Waals surface area contributed by atoms with Crippen LogP contribution in [0.3, 0.4) is 0 Å². The Morgan fingerprint density at radius 2 is 1.79 bits per heavy atom. The first-order valence-corrected chi connectivity index (χ1v) is 5.48. The van der Waals surface area contributed by atoms with Gasteiger partial charge in [0.25, 0.3) is 0 Å². The maximum Gasteiger partial charge on any atom is 0.0638 e. The zero-order valence-electron chi connectivity index (χ0n) is 8.64. The Balaban J connectivity index is 2.80. The average Bonchev–Trinajstić information content (AvgIpc) is 2.11. The van der Waals surface area contributed by atoms with Crippen LogP contribution in [0.1, 0.15) is 20.8 Å². The lowest BCUT2D eigenvalue weighted by Crippen LogP contribution is -2.21. The Morgan fingerprint density at radius 1 is 1.14 bits per heavy atom. The fourth-order valence-electron chi connectivity index (χ4n) is 1.02. The lowest BCUT2D eigenvalue weighted by Gasteiger charge is -2.19. The van der Waals surface area contributed by atoms with E-state index in [4.69, 9.17) is 23.2 Å². The maximum atomic E-state index is 6.02. The molecule has 0 aliphatic carbocycles. The zero-order chi connectivity index (χ0) is 10.7. The van der Waals surface area contributed by atoms with E-state index >= 15 is 0 Å². The number of hydrogen-bond donors (Lipinski definition) is 1. The number of nitrogens with one attached hydrogen (secondary N) is 1. The molecule has 1 aromatic rings. The van der Waals surface area contributed by atoms with E-state index in [2.05, 4.69) is 26.1 Å². The summed E-state index contributed by atoms with van der Waals surface area (Å²) in [7, 11) is 0. The predicted octanol–water partition coefficient (Wildman–Crippen LogP) is 4.45. The summed E-state index contributed by atoms with van der Waals surface area (Å²) in [4.78, 5) is 0. The van der Waals surface area contributed by atoms with Crippen LogP contribution in [-0.4, -0.2) is 6.04 Å². The van der Waals surface area contributed by atoms with Gasteiger partial charge in [0.05, 0.1) is 10.7 Å². The molecule has 0 aliphatic heterocycles. The lowest BCUT2D eigenvalue weighted by atomic mass is 10.1. The molecule has 0 heterocycles. The van der Waals surface area contributed by atoms with Gasteiger partial charge < -0.3 is 5.32 Å². The highest BCUT2D eigenvalue weighted by molar-refractivity contribution is 6.35. The molecule has 1 atom stereocenters. The van der Waals surface area contributed by atoms with E-state index in [1.165, 1.54) is 0 Å². The van der Waals surface area contributed by atoms with Gasteiger partial charge in [0, 0.05) is 11.1 Å². The van der Waals surface area contributed by atoms with Gasteiger partial charge >= 0.3 is 0 Å². The standard InChI is InChI=1S/C11H15Cl2N/c1-7(2)8(3)14-11-6-9(12)4-5-10(11)13/h4-8,14H,1-3H3. The lowest BCUT2D eigenvalue weighted by molar-refractivity contribution is 0.560. The highest BCUT2D eigenvalue weighted by atomic mass is 35.5. The van der Waals surface area contributed by atoms with Gasteiger partial charge in [-0.3, -0.25) is 0 Å². The molecule has 1 aromatic carbocycles. The van der Waals surface area contributed by atoms with Gasteiger partial charge in [0.2, 0.25) is 0 Å². The summed E-state index contributed by atoms with van der Waals surface area (Å²) in [5, 5.41) is 4.75. The molecule has 1 unspecified atom stereocenters. The third kappa shape index (κ3) is 3.07. The largest absolute Gasteiger partial charge is 0.381 e. The molecule has 0 spiro atoms. The van der Waals surface area contributed by atoms with Crippen LogP contribution < -0.4 is 5.32 Å². The van der Waals surface area contributed by atoms with Crippen LogP contribution in [0.25, 0.3) is 0 Å². The van der Waals surface area contributed by atoms with Gasteiger partial charge in [-0.15, -0.1) is 0 Å². The normalized spacial score (nSPS) is 13.0. The summed E-state index contributed by atoms with van der Waals surface area (Å²) in [5.41, 5.74) is 0.903. The summed E-state index contributed by atoms with van der Waals surface area (Å²) in [6.45, 7) is 6.45. The van der Waals surface area contributed by atoms with Gasteiger partial charge in [-0.05, 0) is 31.0 Å². The molecule has 14 heavy (non-hydrogen) atoms. The highest BCUT2D eigenvalue weighted by Crippen LogP contribution is 2.26. The molecular formula is C11H15Cl2N. The van der Waals surface area contributed by atoms with Gasteiger partial charge in [-0.1, -0.05) is 37.0 Å². The summed E-state index contributed by atoms with van der Waals surface area (Å²) >= 11 is 11.9. The summed E-state index contributed by atoms with van der Waals surface area (Å²) in [6.07, 6.45) is 0. The van der Waals surface area contributed by atoms with Crippen molar-refractivity contribution in [3.8, 4) is 0 Å². The summed E-state index contributed by atoms with van der Waals surface area (Å²) in [6, 6.07) is 5.82. The molecule has 1 rings (SSSR count). The van der Waals surface area contributed by atoms with Crippen molar-refractivity contribution in [1.29, 1.82) is 0 Å². The Morgan fingerprint density at radius 3 is 2.36 bits per heavy atom. The van der Waals surface area contributed by atoms with Crippen LogP contribution in [0.5, 0.6) is 0 Å². The van der Waals surface area contributed by atoms with Crippen LogP contribution in [0, 0.1) is 5.92 Å². The van der Waals surface area contributed by atoms with Crippen molar-refractivity contribution in [2.75, 3.05) is 5.32 Å². The van der Waals surface area contributed by atoms with Gasteiger partial charge in [-0.25, -0.2) is 0 Å². The molecule has 0 amide bonds. The monoisotopic (exact) mass is 231 g/mol. The predicted molar refractivity (Wildman–Crippen MR) is 64.4 cm³/mol. The second kappa shape index (κ2) is 4.90. The van der Waals surface area contributed by atoms with E-state index in [0.29, 0.717) is 22.0 Å². The number of anilines is 1. The molecule has 0 radical (unpaired) electrons. The SMILES string of the molecule is CC(C)C(C)Nc1cc(Cl)ccc1Cl. The van der Waals surface area contributed by atoms with E-state index in [-0.39, 0.29) is 0 Å². The molecule has 1 nitrogen and oxygen atoms in total. The topological polar surface area (TPSA) is 12.0 Å². The molecule has 3 heteroatoms. The molecule has 0 aliphatic rings. The number of hydrogen-bond acceptors (Lipinski definition) is 1. The quantitative estimate of drug-likeness (QED) is 0.811. The first-order valence-electron chi connectivity index (χ1n) is 4.72. The Kier molecular flexibility index (Phi) is 4.09. The van der Waals surface area contributed by atoms with E-state index in [9.17, 15) is 0 Å². The molecule has 0 aromatic heterocycles. The third-order valence-electron chi connectivity index (χ3n) is 2.31. The molecule has 0 fully saturated rings. The second-order valence-corrected chi connectivity index (χ2v) is 4.64. The van der Waals surface area contributed by atoms with Crippen LogP contribution in [0.15, 0.2) is 18.2 Å². The van der Waals surface area contributed by atoms with Crippen molar-refractivity contribution < 1.29 is 0 Å². The molecule has 0 saturated carbocycles. The minimum atomic E-state index is 0.381. The van der Waals surface area contributed by atoms with Crippen LogP contribution in [-0.2, 0) is 0 Å². The van der Waals surface area contributed by atoms with Crippen molar-refractivity contribution in [3.05, 3.63) is 28.2 Å². The van der Waals surface area contributed by atoms with Crippen LogP contribution in [0.4, 0.5) is 5.69 Å². The average molecular weight is 232 g/mol. The van der Waals surface area contributed by atoms with E-state index in [0.717, 1.165) is 5.69 Å². The minimum absolute atomic E-state index is 0.381. The van der Waals surface area contributed by atoms with Gasteiger partial charge in [0.1, 0.15) is 0 Å². The molecule has 0 saturated heterocycles. The first-order chi connectivity index (χ1) is 6.50. The highest BCUT2D eigenvalue weighted by Gasteiger charge is 2.08. The maximum absolute atomic E-state index is 6.02. The number of halogens is 2. The fourth-order valence-corrected chi connectivity index (χ4v) is 1.36. The van der Waals surface area contributed by atoms with Crippen molar-refractivity contribution in [2.24, 2.45) is 5.92 Å². The van der Waals surface area contributed by atoms with Gasteiger partial charge in [0.15, 0.2) is 0 Å². The van der Waals surface area contributed by atoms with Crippen molar-refractivity contribution >= 4 is 28.9 Å². The molecule has 78 valence electrons. The fraction of sp³-hybridized carbons (Fsp3) is 0.455. The van der Waals surface area contributed by atoms with Gasteiger partial charge in [-0.2, -0.15) is 0 Å². The molecule has 1 N–H and O–H groups in total. The molecular weight excluding hydrogens is 217 g/mol. The van der Waals surface area contributed by atoms with Crippen LogP contribution in [0.2, 0.25) is 10.0 Å². The zero-order valence-corrected chi connectivity index (χ0v) is 10.2. The Labute approximate surface area is 95.4 Å². The van der Waals surface area contributed by atoms with Crippen LogP contribution >= 0.6 is 23.2 Å². The summed E-state index contributed by atoms with van der Waals surface area (Å²) in [5.74, 6) is 0.560. The van der Waals surface area contributed by atoms with E-state index in [1.807, 2.05) is 6.07 Å². The van der Waals surface area contributed by atoms with Crippen molar-refractivity contribution in [2.45, 2.75) is 26.8 Å². The first kappa shape index (κ1) is 11.7. The smallest absolute Gasteiger partial charge is 0.0638 e. The third-order valence-corrected chi connectivity index (χ3v) is 2.88. The number of benzene rings is 1. The van der Waals surface area contributed by atoms with Crippen molar-refractivity contribution in [1.82, 2.24) is 0 Å². The molecule has 0 bridgehead atoms. The summed E-state index contributed by atoms with van der Waals surface area (Å²) < 4.78 is 0. The Bertz CT molecular complexity index is 310. The van der Waals surface area contributed by atoms with Crippen molar-refractivity contribution in [3.63, 3.8) is 0 Å². The minimum Gasteiger partial charge on any atom is -0.381 e. The Hall–Kier alpha value is -0.400. The number of rotatable bonds is 3. The van der Waals surface area contributed by atoms with E-state index < -0.39 is 0 Å².